The highest BCUT2D eigenvalue weighted by atomic mass is 32.2. The fourth-order valence-corrected chi connectivity index (χ4v) is 4.91. The van der Waals surface area contributed by atoms with E-state index in [1.165, 1.54) is 4.31 Å². The molecule has 1 atom stereocenters. The molecule has 1 aromatic rings. The van der Waals surface area contributed by atoms with Gasteiger partial charge < -0.3 is 9.47 Å². The fourth-order valence-electron chi connectivity index (χ4n) is 3.02. The van der Waals surface area contributed by atoms with E-state index in [1.807, 2.05) is 44.2 Å². The molecular weight excluding hydrogens is 316 g/mol. The molecule has 2 heterocycles. The molecule has 0 radical (unpaired) electrons. The first-order valence-electron chi connectivity index (χ1n) is 7.93. The summed E-state index contributed by atoms with van der Waals surface area (Å²) in [5.74, 6) is 0. The summed E-state index contributed by atoms with van der Waals surface area (Å²) in [7, 11) is -3.53. The molecule has 2 aliphatic rings. The molecule has 0 aliphatic carbocycles. The van der Waals surface area contributed by atoms with E-state index < -0.39 is 15.7 Å². The van der Waals surface area contributed by atoms with E-state index in [9.17, 15) is 8.42 Å². The zero-order valence-electron chi connectivity index (χ0n) is 13.6. The molecule has 128 valence electrons. The fraction of sp³-hybridized carbons (Fsp3) is 0.625. The van der Waals surface area contributed by atoms with Gasteiger partial charge in [0.15, 0.2) is 0 Å². The topological polar surface area (TPSA) is 59.1 Å². The van der Waals surface area contributed by atoms with E-state index in [4.69, 9.17) is 9.47 Å². The Kier molecular flexibility index (Phi) is 4.75. The molecule has 23 heavy (non-hydrogen) atoms. The predicted octanol–water partition coefficient (Wildman–Crippen LogP) is 1.42. The number of ether oxygens (including phenoxy) is 2. The Morgan fingerprint density at radius 3 is 2.43 bits per heavy atom. The van der Waals surface area contributed by atoms with Gasteiger partial charge in [-0.1, -0.05) is 30.3 Å². The molecule has 0 N–H and O–H groups in total. The van der Waals surface area contributed by atoms with E-state index in [2.05, 4.69) is 0 Å². The molecule has 0 bridgehead atoms. The van der Waals surface area contributed by atoms with Gasteiger partial charge in [-0.15, -0.1) is 0 Å². The highest BCUT2D eigenvalue weighted by Gasteiger charge is 2.45. The van der Waals surface area contributed by atoms with Crippen molar-refractivity contribution in [1.29, 1.82) is 0 Å². The van der Waals surface area contributed by atoms with Crippen LogP contribution in [0.1, 0.15) is 25.5 Å². The van der Waals surface area contributed by atoms with Gasteiger partial charge in [0.1, 0.15) is 0 Å². The number of hydrogen-bond acceptors (Lipinski definition) is 4. The van der Waals surface area contributed by atoms with Crippen LogP contribution in [0.3, 0.4) is 0 Å². The average Bonchev–Trinajstić information content (AvgIpc) is 2.56. The van der Waals surface area contributed by atoms with E-state index in [0.29, 0.717) is 39.5 Å². The first-order valence-corrected chi connectivity index (χ1v) is 9.33. The number of nitrogens with zero attached hydrogens (tertiary/aromatic N) is 2. The summed E-state index contributed by atoms with van der Waals surface area (Å²) < 4.78 is 40.5. The molecule has 7 heteroatoms. The van der Waals surface area contributed by atoms with Gasteiger partial charge in [-0.3, -0.25) is 0 Å². The van der Waals surface area contributed by atoms with E-state index in [-0.39, 0.29) is 6.10 Å². The van der Waals surface area contributed by atoms with Crippen LogP contribution in [0.15, 0.2) is 30.3 Å². The van der Waals surface area contributed by atoms with Gasteiger partial charge in [0.05, 0.1) is 31.5 Å². The monoisotopic (exact) mass is 340 g/mol. The number of benzene rings is 1. The van der Waals surface area contributed by atoms with Crippen LogP contribution in [0.5, 0.6) is 0 Å². The molecule has 0 spiro atoms. The standard InChI is InChI=1S/C16H24N2O4S/c1-16(2)13-22-15(14-6-4-3-5-7-14)12-18(16)23(19,20)17-8-10-21-11-9-17/h3-7,15H,8-13H2,1-2H3/t15-/m1/s1. The van der Waals surface area contributed by atoms with Gasteiger partial charge in [0, 0.05) is 19.6 Å². The van der Waals surface area contributed by atoms with Crippen molar-refractivity contribution >= 4 is 10.2 Å². The maximum atomic E-state index is 13.1. The largest absolute Gasteiger partial charge is 0.379 e. The Balaban J connectivity index is 1.85. The van der Waals surface area contributed by atoms with Crippen LogP contribution in [0, 0.1) is 0 Å². The maximum Gasteiger partial charge on any atom is 0.282 e. The molecule has 0 saturated carbocycles. The molecule has 0 amide bonds. The lowest BCUT2D eigenvalue weighted by Crippen LogP contribution is -2.60. The van der Waals surface area contributed by atoms with Gasteiger partial charge in [-0.25, -0.2) is 0 Å². The molecular formula is C16H24N2O4S. The van der Waals surface area contributed by atoms with Crippen molar-refractivity contribution in [3.63, 3.8) is 0 Å². The minimum atomic E-state index is -3.53. The van der Waals surface area contributed by atoms with Crippen LogP contribution < -0.4 is 0 Å². The van der Waals surface area contributed by atoms with Crippen molar-refractivity contribution in [2.24, 2.45) is 0 Å². The Bertz CT molecular complexity index is 627. The first kappa shape index (κ1) is 16.9. The second kappa shape index (κ2) is 6.49. The van der Waals surface area contributed by atoms with Gasteiger partial charge in [-0.2, -0.15) is 17.0 Å². The summed E-state index contributed by atoms with van der Waals surface area (Å²) in [6, 6.07) is 9.78. The van der Waals surface area contributed by atoms with Crippen LogP contribution in [0.2, 0.25) is 0 Å². The molecule has 2 fully saturated rings. The number of morpholine rings is 2. The Morgan fingerprint density at radius 2 is 1.78 bits per heavy atom. The van der Waals surface area contributed by atoms with Crippen LogP contribution in [0.25, 0.3) is 0 Å². The molecule has 1 aromatic carbocycles. The highest BCUT2D eigenvalue weighted by Crippen LogP contribution is 2.33. The van der Waals surface area contributed by atoms with Gasteiger partial charge in [0.25, 0.3) is 10.2 Å². The summed E-state index contributed by atoms with van der Waals surface area (Å²) in [5, 5.41) is 0. The van der Waals surface area contributed by atoms with Crippen LogP contribution in [0.4, 0.5) is 0 Å². The summed E-state index contributed by atoms with van der Waals surface area (Å²) in [6.07, 6.45) is -0.236. The molecule has 3 rings (SSSR count). The molecule has 2 saturated heterocycles. The summed E-state index contributed by atoms with van der Waals surface area (Å²) in [4.78, 5) is 0. The number of rotatable bonds is 3. The van der Waals surface area contributed by atoms with Gasteiger partial charge in [-0.05, 0) is 19.4 Å². The smallest absolute Gasteiger partial charge is 0.282 e. The van der Waals surface area contributed by atoms with Gasteiger partial charge in [0.2, 0.25) is 0 Å². The zero-order chi connectivity index (χ0) is 16.5. The van der Waals surface area contributed by atoms with Crippen molar-refractivity contribution < 1.29 is 17.9 Å². The Morgan fingerprint density at radius 1 is 1.13 bits per heavy atom. The second-order valence-electron chi connectivity index (χ2n) is 6.57. The summed E-state index contributed by atoms with van der Waals surface area (Å²) in [5.41, 5.74) is 0.438. The normalized spacial score (nSPS) is 27.0. The third-order valence-electron chi connectivity index (χ3n) is 4.39. The minimum absolute atomic E-state index is 0.236. The third kappa shape index (κ3) is 3.44. The van der Waals surface area contributed by atoms with Crippen molar-refractivity contribution in [1.82, 2.24) is 8.61 Å². The summed E-state index contributed by atoms with van der Waals surface area (Å²) in [6.45, 7) is 6.24. The van der Waals surface area contributed by atoms with Crippen LogP contribution in [-0.2, 0) is 19.7 Å². The Labute approximate surface area is 138 Å². The molecule has 2 aliphatic heterocycles. The molecule has 0 aromatic heterocycles. The number of hydrogen-bond donors (Lipinski definition) is 0. The average molecular weight is 340 g/mol. The predicted molar refractivity (Wildman–Crippen MR) is 87.2 cm³/mol. The zero-order valence-corrected chi connectivity index (χ0v) is 14.5. The van der Waals surface area contributed by atoms with Gasteiger partial charge >= 0.3 is 0 Å². The second-order valence-corrected chi connectivity index (χ2v) is 8.43. The van der Waals surface area contributed by atoms with Crippen LogP contribution >= 0.6 is 0 Å². The Hall–Kier alpha value is -0.990. The lowest BCUT2D eigenvalue weighted by molar-refractivity contribution is -0.0684. The molecule has 6 nitrogen and oxygen atoms in total. The lowest BCUT2D eigenvalue weighted by atomic mass is 10.0. The van der Waals surface area contributed by atoms with E-state index >= 15 is 0 Å². The minimum Gasteiger partial charge on any atom is -0.379 e. The third-order valence-corrected chi connectivity index (χ3v) is 6.61. The maximum absolute atomic E-state index is 13.1. The quantitative estimate of drug-likeness (QED) is 0.835. The van der Waals surface area contributed by atoms with Crippen molar-refractivity contribution in [2.75, 3.05) is 39.5 Å². The highest BCUT2D eigenvalue weighted by molar-refractivity contribution is 7.86. The molecule has 0 unspecified atom stereocenters. The van der Waals surface area contributed by atoms with Crippen molar-refractivity contribution in [3.8, 4) is 0 Å². The van der Waals surface area contributed by atoms with E-state index in [0.717, 1.165) is 5.56 Å². The van der Waals surface area contributed by atoms with Crippen molar-refractivity contribution in [2.45, 2.75) is 25.5 Å². The lowest BCUT2D eigenvalue weighted by Gasteiger charge is -2.46. The SMILES string of the molecule is CC1(C)CO[C@@H](c2ccccc2)CN1S(=O)(=O)N1CCOCC1. The first-order chi connectivity index (χ1) is 10.9. The van der Waals surface area contributed by atoms with E-state index in [1.54, 1.807) is 4.31 Å². The summed E-state index contributed by atoms with van der Waals surface area (Å²) >= 11 is 0. The van der Waals surface area contributed by atoms with Crippen LogP contribution in [-0.4, -0.2) is 62.0 Å². The van der Waals surface area contributed by atoms with Crippen molar-refractivity contribution in [3.05, 3.63) is 35.9 Å².